The summed E-state index contributed by atoms with van der Waals surface area (Å²) in [6, 6.07) is 6.04. The van der Waals surface area contributed by atoms with Crippen molar-refractivity contribution in [2.75, 3.05) is 25.5 Å². The molecule has 220 valence electrons. The molecule has 1 atom stereocenters. The zero-order valence-electron chi connectivity index (χ0n) is 24.8. The number of hydrogen-bond acceptors (Lipinski definition) is 6. The van der Waals surface area contributed by atoms with E-state index in [0.29, 0.717) is 59.7 Å². The van der Waals surface area contributed by atoms with Crippen molar-refractivity contribution in [2.24, 2.45) is 5.41 Å². The number of H-pyrrole nitrogens is 1. The number of rotatable bonds is 4. The average Bonchev–Trinajstić information content (AvgIpc) is 3.44. The lowest BCUT2D eigenvalue weighted by Gasteiger charge is -2.27. The summed E-state index contributed by atoms with van der Waals surface area (Å²) in [5, 5.41) is 6.14. The number of aromatic amines is 1. The van der Waals surface area contributed by atoms with Gasteiger partial charge in [-0.25, -0.2) is 9.18 Å². The summed E-state index contributed by atoms with van der Waals surface area (Å²) in [5.41, 5.74) is 3.26. The van der Waals surface area contributed by atoms with Gasteiger partial charge in [-0.2, -0.15) is 0 Å². The van der Waals surface area contributed by atoms with Gasteiger partial charge in [-0.1, -0.05) is 31.8 Å². The van der Waals surface area contributed by atoms with Gasteiger partial charge < -0.3 is 25.1 Å². The summed E-state index contributed by atoms with van der Waals surface area (Å²) in [4.78, 5) is 35.5. The van der Waals surface area contributed by atoms with Gasteiger partial charge in [0.2, 0.25) is 0 Å². The highest BCUT2D eigenvalue weighted by atomic mass is 19.1. The van der Waals surface area contributed by atoms with Crippen LogP contribution in [0, 0.1) is 23.1 Å². The summed E-state index contributed by atoms with van der Waals surface area (Å²) < 4.78 is 25.5. The van der Waals surface area contributed by atoms with Crippen LogP contribution in [0.1, 0.15) is 62.7 Å². The number of aromatic nitrogens is 2. The molecule has 2 aliphatic rings. The average molecular weight is 574 g/mol. The number of para-hydroxylation sites is 1. The van der Waals surface area contributed by atoms with E-state index in [4.69, 9.17) is 9.47 Å². The molecule has 5 rings (SSSR count). The Labute approximate surface area is 245 Å². The van der Waals surface area contributed by atoms with E-state index in [9.17, 15) is 14.0 Å². The van der Waals surface area contributed by atoms with Crippen molar-refractivity contribution in [1.82, 2.24) is 20.2 Å². The number of benzene rings is 1. The Morgan fingerprint density at radius 1 is 1.26 bits per heavy atom. The standard InChI is InChI=1S/C32H36FN5O4/c1-31(2,3)42-30(40)38-18-32(4,5)16-20(38)11-10-19-17-34-14-12-21(19)26-27(25-23(36-26)13-15-35-29(25)39)37-24-9-7-8-22(33)28(24)41-6/h7-9,12,14,17,20,36-37H,13,15-16,18H2,1-6H3,(H,35,39)/t20-/m0/s1. The molecule has 1 aromatic carbocycles. The lowest BCUT2D eigenvalue weighted by molar-refractivity contribution is 0.0246. The molecule has 0 radical (unpaired) electrons. The minimum atomic E-state index is -0.620. The van der Waals surface area contributed by atoms with Crippen molar-refractivity contribution < 1.29 is 23.5 Å². The van der Waals surface area contributed by atoms with E-state index in [1.54, 1.807) is 29.4 Å². The largest absolute Gasteiger partial charge is 0.492 e. The highest BCUT2D eigenvalue weighted by Crippen LogP contribution is 2.40. The molecule has 10 heteroatoms. The van der Waals surface area contributed by atoms with E-state index in [0.717, 1.165) is 5.69 Å². The topological polar surface area (TPSA) is 109 Å². The quantitative estimate of drug-likeness (QED) is 0.349. The van der Waals surface area contributed by atoms with Crippen LogP contribution < -0.4 is 15.4 Å². The molecule has 2 amide bonds. The highest BCUT2D eigenvalue weighted by molar-refractivity contribution is 6.06. The Hall–Kier alpha value is -4.52. The molecule has 42 heavy (non-hydrogen) atoms. The van der Waals surface area contributed by atoms with Crippen molar-refractivity contribution >= 4 is 23.4 Å². The Bertz CT molecular complexity index is 1590. The van der Waals surface area contributed by atoms with E-state index in [1.807, 2.05) is 26.8 Å². The van der Waals surface area contributed by atoms with E-state index in [-0.39, 0.29) is 23.1 Å². The van der Waals surface area contributed by atoms with Crippen LogP contribution in [-0.4, -0.2) is 58.7 Å². The molecular weight excluding hydrogens is 537 g/mol. The lowest BCUT2D eigenvalue weighted by atomic mass is 9.91. The lowest BCUT2D eigenvalue weighted by Crippen LogP contribution is -2.39. The van der Waals surface area contributed by atoms with Gasteiger partial charge in [-0.3, -0.25) is 14.7 Å². The number of anilines is 2. The monoisotopic (exact) mass is 573 g/mol. The number of nitrogens with zero attached hydrogens (tertiary/aromatic N) is 2. The highest BCUT2D eigenvalue weighted by Gasteiger charge is 2.41. The van der Waals surface area contributed by atoms with Crippen LogP contribution >= 0.6 is 0 Å². The van der Waals surface area contributed by atoms with Crippen molar-refractivity contribution in [2.45, 2.75) is 59.1 Å². The smallest absolute Gasteiger partial charge is 0.411 e. The summed E-state index contributed by atoms with van der Waals surface area (Å²) in [6.07, 6.45) is 4.21. The SMILES string of the molecule is COc1c(F)cccc1Nc1c(-c2ccncc2C#C[C@H]2CC(C)(C)CN2C(=O)OC(C)(C)C)[nH]c2c1C(=O)NCC2. The third kappa shape index (κ3) is 5.91. The molecule has 2 aromatic heterocycles. The molecule has 1 fully saturated rings. The van der Waals surface area contributed by atoms with Crippen LogP contribution in [0.15, 0.2) is 36.7 Å². The molecule has 0 unspecified atom stereocenters. The zero-order valence-corrected chi connectivity index (χ0v) is 24.8. The molecule has 0 aliphatic carbocycles. The first kappa shape index (κ1) is 29.0. The van der Waals surface area contributed by atoms with E-state index < -0.39 is 17.5 Å². The number of hydrogen-bond donors (Lipinski definition) is 3. The van der Waals surface area contributed by atoms with Crippen LogP contribution in [0.4, 0.5) is 20.6 Å². The normalized spacial score (nSPS) is 17.5. The Morgan fingerprint density at radius 2 is 2.05 bits per heavy atom. The summed E-state index contributed by atoms with van der Waals surface area (Å²) >= 11 is 0. The number of carbonyl (C=O) groups excluding carboxylic acids is 2. The fourth-order valence-electron chi connectivity index (χ4n) is 5.44. The van der Waals surface area contributed by atoms with Gasteiger partial charge in [0.05, 0.1) is 41.3 Å². The molecule has 3 N–H and O–H groups in total. The van der Waals surface area contributed by atoms with Crippen LogP contribution in [0.5, 0.6) is 5.75 Å². The van der Waals surface area contributed by atoms with Gasteiger partial charge in [0, 0.05) is 43.2 Å². The second-order valence-electron chi connectivity index (χ2n) is 12.4. The van der Waals surface area contributed by atoms with E-state index in [1.165, 1.54) is 13.2 Å². The Morgan fingerprint density at radius 3 is 2.79 bits per heavy atom. The number of pyridine rings is 1. The molecule has 1 saturated heterocycles. The Balaban J connectivity index is 1.57. The summed E-state index contributed by atoms with van der Waals surface area (Å²) in [7, 11) is 1.39. The van der Waals surface area contributed by atoms with Gasteiger partial charge in [-0.05, 0) is 50.8 Å². The Kier molecular flexibility index (Phi) is 7.62. The van der Waals surface area contributed by atoms with Gasteiger partial charge in [0.15, 0.2) is 11.6 Å². The predicted molar refractivity (Wildman–Crippen MR) is 158 cm³/mol. The van der Waals surface area contributed by atoms with Crippen LogP contribution in [0.2, 0.25) is 0 Å². The first-order chi connectivity index (χ1) is 19.9. The van der Waals surface area contributed by atoms with Gasteiger partial charge in [0.25, 0.3) is 5.91 Å². The number of ether oxygens (including phenoxy) is 2. The number of fused-ring (bicyclic) bond motifs is 1. The first-order valence-electron chi connectivity index (χ1n) is 13.9. The molecule has 2 aliphatic heterocycles. The van der Waals surface area contributed by atoms with Crippen LogP contribution in [0.3, 0.4) is 0 Å². The number of carbonyl (C=O) groups is 2. The first-order valence-corrected chi connectivity index (χ1v) is 13.9. The van der Waals surface area contributed by atoms with Crippen molar-refractivity contribution in [3.8, 4) is 28.8 Å². The maximum atomic E-state index is 14.5. The number of nitrogens with one attached hydrogen (secondary N) is 3. The number of halogens is 1. The molecule has 4 heterocycles. The van der Waals surface area contributed by atoms with Gasteiger partial charge in [-0.15, -0.1) is 0 Å². The number of likely N-dealkylation sites (tertiary alicyclic amines) is 1. The maximum absolute atomic E-state index is 14.5. The van der Waals surface area contributed by atoms with Crippen LogP contribution in [0.25, 0.3) is 11.3 Å². The van der Waals surface area contributed by atoms with Gasteiger partial charge in [0.1, 0.15) is 5.60 Å². The number of methoxy groups -OCH3 is 1. The molecule has 9 nitrogen and oxygen atoms in total. The fourth-order valence-corrected chi connectivity index (χ4v) is 5.44. The zero-order chi connectivity index (χ0) is 30.2. The predicted octanol–water partition coefficient (Wildman–Crippen LogP) is 5.64. The third-order valence-electron chi connectivity index (χ3n) is 7.21. The minimum absolute atomic E-state index is 0.0374. The van der Waals surface area contributed by atoms with Crippen molar-refractivity contribution in [1.29, 1.82) is 0 Å². The molecule has 3 aromatic rings. The molecular formula is C32H36FN5O4. The molecule has 0 bridgehead atoms. The van der Waals surface area contributed by atoms with Gasteiger partial charge >= 0.3 is 6.09 Å². The molecule has 0 saturated carbocycles. The van der Waals surface area contributed by atoms with E-state index in [2.05, 4.69) is 46.3 Å². The third-order valence-corrected chi connectivity index (χ3v) is 7.21. The van der Waals surface area contributed by atoms with Crippen molar-refractivity contribution in [3.63, 3.8) is 0 Å². The maximum Gasteiger partial charge on any atom is 0.411 e. The minimum Gasteiger partial charge on any atom is -0.492 e. The van der Waals surface area contributed by atoms with Crippen LogP contribution in [-0.2, 0) is 11.2 Å². The summed E-state index contributed by atoms with van der Waals surface area (Å²) in [6.45, 7) is 10.8. The summed E-state index contributed by atoms with van der Waals surface area (Å²) in [5.74, 6) is 5.83. The van der Waals surface area contributed by atoms with E-state index >= 15 is 0 Å². The second-order valence-corrected chi connectivity index (χ2v) is 12.4. The number of amides is 2. The second kappa shape index (κ2) is 11.0. The van der Waals surface area contributed by atoms with Crippen molar-refractivity contribution in [3.05, 3.63) is 59.3 Å². The fraction of sp³-hybridized carbons (Fsp3) is 0.406. The molecule has 0 spiro atoms.